The maximum absolute atomic E-state index is 4.33. The number of anilines is 2. The van der Waals surface area contributed by atoms with Crippen LogP contribution in [-0.4, -0.2) is 14.5 Å². The van der Waals surface area contributed by atoms with E-state index in [2.05, 4.69) is 15.3 Å². The Labute approximate surface area is 111 Å². The molecule has 0 aliphatic heterocycles. The number of nitrogens with zero attached hydrogens (tertiary/aromatic N) is 3. The molecule has 3 aromatic rings. The largest absolute Gasteiger partial charge is 0.326 e. The minimum absolute atomic E-state index is 0.704. The van der Waals surface area contributed by atoms with Crippen molar-refractivity contribution in [1.82, 2.24) is 14.5 Å². The number of para-hydroxylation sites is 1. The second-order valence-corrected chi connectivity index (χ2v) is 4.19. The third kappa shape index (κ3) is 2.80. The molecule has 2 aromatic heterocycles. The summed E-state index contributed by atoms with van der Waals surface area (Å²) in [6.45, 7) is 0.704. The molecule has 0 atom stereocenters. The zero-order valence-corrected chi connectivity index (χ0v) is 10.4. The van der Waals surface area contributed by atoms with E-state index in [-0.39, 0.29) is 0 Å². The maximum Gasteiger partial charge on any atom is 0.207 e. The van der Waals surface area contributed by atoms with Gasteiger partial charge in [-0.2, -0.15) is 0 Å². The first-order chi connectivity index (χ1) is 9.42. The number of aromatic nitrogens is 3. The highest BCUT2D eigenvalue weighted by atomic mass is 15.2. The molecule has 0 saturated carbocycles. The summed E-state index contributed by atoms with van der Waals surface area (Å²) in [4.78, 5) is 8.66. The van der Waals surface area contributed by atoms with E-state index in [1.807, 2.05) is 59.3 Å². The van der Waals surface area contributed by atoms with Gasteiger partial charge in [-0.25, -0.2) is 4.98 Å². The highest BCUT2D eigenvalue weighted by Gasteiger charge is 2.04. The number of nitrogens with one attached hydrogen (secondary N) is 1. The fraction of sp³-hybridized carbons (Fsp3) is 0.0667. The molecule has 4 heteroatoms. The Morgan fingerprint density at radius 3 is 2.53 bits per heavy atom. The number of pyridine rings is 1. The second kappa shape index (κ2) is 5.35. The van der Waals surface area contributed by atoms with E-state index in [0.717, 1.165) is 17.3 Å². The third-order valence-electron chi connectivity index (χ3n) is 2.80. The lowest BCUT2D eigenvalue weighted by atomic mass is 10.3. The molecule has 0 bridgehead atoms. The maximum atomic E-state index is 4.33. The van der Waals surface area contributed by atoms with Crippen LogP contribution in [0.2, 0.25) is 0 Å². The summed E-state index contributed by atoms with van der Waals surface area (Å²) in [5.41, 5.74) is 2.03. The summed E-state index contributed by atoms with van der Waals surface area (Å²) in [6, 6.07) is 15.9. The Morgan fingerprint density at radius 1 is 0.895 bits per heavy atom. The van der Waals surface area contributed by atoms with Gasteiger partial charge in [0.25, 0.3) is 0 Å². The summed E-state index contributed by atoms with van der Waals surface area (Å²) in [7, 11) is 0. The first-order valence-electron chi connectivity index (χ1n) is 6.15. The number of hydrogen-bond acceptors (Lipinski definition) is 3. The van der Waals surface area contributed by atoms with Gasteiger partial charge in [-0.3, -0.25) is 4.98 Å². The molecule has 1 aromatic carbocycles. The van der Waals surface area contributed by atoms with Crippen molar-refractivity contribution in [3.63, 3.8) is 0 Å². The monoisotopic (exact) mass is 250 g/mol. The van der Waals surface area contributed by atoms with E-state index in [0.29, 0.717) is 6.54 Å². The van der Waals surface area contributed by atoms with Crippen molar-refractivity contribution < 1.29 is 0 Å². The Balaban J connectivity index is 1.79. The lowest BCUT2D eigenvalue weighted by molar-refractivity contribution is 0.783. The SMILES string of the molecule is c1ccc(Nc2nccn2Cc2ccccn2)cc1. The number of hydrogen-bond donors (Lipinski definition) is 1. The summed E-state index contributed by atoms with van der Waals surface area (Å²) in [6.07, 6.45) is 5.53. The molecule has 1 N–H and O–H groups in total. The van der Waals surface area contributed by atoms with Gasteiger partial charge >= 0.3 is 0 Å². The molecule has 0 spiro atoms. The molecule has 0 radical (unpaired) electrons. The van der Waals surface area contributed by atoms with E-state index in [9.17, 15) is 0 Å². The quantitative estimate of drug-likeness (QED) is 0.773. The van der Waals surface area contributed by atoms with Crippen molar-refractivity contribution >= 4 is 11.6 Å². The Hall–Kier alpha value is -2.62. The van der Waals surface area contributed by atoms with E-state index in [1.165, 1.54) is 0 Å². The van der Waals surface area contributed by atoms with E-state index < -0.39 is 0 Å². The topological polar surface area (TPSA) is 42.7 Å². The van der Waals surface area contributed by atoms with Crippen LogP contribution in [0.25, 0.3) is 0 Å². The number of imidazole rings is 1. The Kier molecular flexibility index (Phi) is 3.23. The van der Waals surface area contributed by atoms with Crippen LogP contribution in [0.1, 0.15) is 5.69 Å². The molecule has 4 nitrogen and oxygen atoms in total. The van der Waals surface area contributed by atoms with Crippen molar-refractivity contribution in [3.8, 4) is 0 Å². The fourth-order valence-electron chi connectivity index (χ4n) is 1.88. The molecule has 3 rings (SSSR count). The number of benzene rings is 1. The highest BCUT2D eigenvalue weighted by Crippen LogP contribution is 2.15. The van der Waals surface area contributed by atoms with Gasteiger partial charge in [-0.05, 0) is 24.3 Å². The minimum atomic E-state index is 0.704. The average molecular weight is 250 g/mol. The van der Waals surface area contributed by atoms with Crippen LogP contribution in [0.5, 0.6) is 0 Å². The predicted molar refractivity (Wildman–Crippen MR) is 75.3 cm³/mol. The predicted octanol–water partition coefficient (Wildman–Crippen LogP) is 3.07. The normalized spacial score (nSPS) is 10.3. The molecular weight excluding hydrogens is 236 g/mol. The molecule has 0 fully saturated rings. The lowest BCUT2D eigenvalue weighted by Gasteiger charge is -2.09. The molecule has 0 aliphatic rings. The van der Waals surface area contributed by atoms with Gasteiger partial charge < -0.3 is 9.88 Å². The molecule has 2 heterocycles. The Morgan fingerprint density at radius 2 is 1.74 bits per heavy atom. The van der Waals surface area contributed by atoms with Crippen molar-refractivity contribution in [2.24, 2.45) is 0 Å². The molecule has 19 heavy (non-hydrogen) atoms. The van der Waals surface area contributed by atoms with Crippen molar-refractivity contribution in [2.75, 3.05) is 5.32 Å². The lowest BCUT2D eigenvalue weighted by Crippen LogP contribution is -2.05. The van der Waals surface area contributed by atoms with Gasteiger partial charge in [0.05, 0.1) is 12.2 Å². The first-order valence-corrected chi connectivity index (χ1v) is 6.15. The molecule has 0 unspecified atom stereocenters. The zero-order chi connectivity index (χ0) is 12.9. The first kappa shape index (κ1) is 11.5. The summed E-state index contributed by atoms with van der Waals surface area (Å²) >= 11 is 0. The molecule has 94 valence electrons. The van der Waals surface area contributed by atoms with E-state index in [4.69, 9.17) is 0 Å². The molecule has 0 amide bonds. The molecule has 0 saturated heterocycles. The second-order valence-electron chi connectivity index (χ2n) is 4.19. The highest BCUT2D eigenvalue weighted by molar-refractivity contribution is 5.53. The van der Waals surface area contributed by atoms with Crippen LogP contribution < -0.4 is 5.32 Å². The van der Waals surface area contributed by atoms with Crippen molar-refractivity contribution in [1.29, 1.82) is 0 Å². The van der Waals surface area contributed by atoms with Gasteiger partial charge in [-0.15, -0.1) is 0 Å². The average Bonchev–Trinajstić information content (AvgIpc) is 2.88. The minimum Gasteiger partial charge on any atom is -0.326 e. The van der Waals surface area contributed by atoms with Crippen LogP contribution in [-0.2, 0) is 6.54 Å². The van der Waals surface area contributed by atoms with Gasteiger partial charge in [0, 0.05) is 24.3 Å². The van der Waals surface area contributed by atoms with Crippen LogP contribution >= 0.6 is 0 Å². The third-order valence-corrected chi connectivity index (χ3v) is 2.80. The summed E-state index contributed by atoms with van der Waals surface area (Å²) in [5.74, 6) is 0.817. The van der Waals surface area contributed by atoms with Crippen LogP contribution in [0.3, 0.4) is 0 Å². The van der Waals surface area contributed by atoms with Crippen LogP contribution in [0, 0.1) is 0 Å². The van der Waals surface area contributed by atoms with Gasteiger partial charge in [0.2, 0.25) is 5.95 Å². The Bertz CT molecular complexity index is 576. The smallest absolute Gasteiger partial charge is 0.207 e. The van der Waals surface area contributed by atoms with E-state index in [1.54, 1.807) is 12.4 Å². The van der Waals surface area contributed by atoms with Crippen LogP contribution in [0.15, 0.2) is 67.1 Å². The van der Waals surface area contributed by atoms with Gasteiger partial charge in [-0.1, -0.05) is 24.3 Å². The fourth-order valence-corrected chi connectivity index (χ4v) is 1.88. The van der Waals surface area contributed by atoms with Crippen LogP contribution in [0.4, 0.5) is 11.6 Å². The van der Waals surface area contributed by atoms with Crippen molar-refractivity contribution in [3.05, 3.63) is 72.8 Å². The number of rotatable bonds is 4. The molecular formula is C15H14N4. The zero-order valence-electron chi connectivity index (χ0n) is 10.4. The van der Waals surface area contributed by atoms with Gasteiger partial charge in [0.15, 0.2) is 0 Å². The van der Waals surface area contributed by atoms with Gasteiger partial charge in [0.1, 0.15) is 0 Å². The summed E-state index contributed by atoms with van der Waals surface area (Å²) in [5, 5.41) is 3.30. The van der Waals surface area contributed by atoms with E-state index >= 15 is 0 Å². The molecule has 0 aliphatic carbocycles. The van der Waals surface area contributed by atoms with Crippen molar-refractivity contribution in [2.45, 2.75) is 6.54 Å². The standard InChI is InChI=1S/C15H14N4/c1-2-6-13(7-3-1)18-15-17-10-11-19(15)12-14-8-4-5-9-16-14/h1-11H,12H2,(H,17,18). The summed E-state index contributed by atoms with van der Waals surface area (Å²) < 4.78 is 2.04.